The van der Waals surface area contributed by atoms with Crippen molar-refractivity contribution < 1.29 is 9.53 Å². The van der Waals surface area contributed by atoms with Gasteiger partial charge in [-0.15, -0.1) is 10.2 Å². The summed E-state index contributed by atoms with van der Waals surface area (Å²) in [6.07, 6.45) is 0. The molecule has 6 nitrogen and oxygen atoms in total. The van der Waals surface area contributed by atoms with E-state index in [1.807, 2.05) is 56.3 Å². The highest BCUT2D eigenvalue weighted by atomic mass is 16.5. The average molecular weight is 358 g/mol. The molecule has 0 saturated heterocycles. The van der Waals surface area contributed by atoms with Crippen molar-refractivity contribution in [3.63, 3.8) is 0 Å². The lowest BCUT2D eigenvalue weighted by molar-refractivity contribution is 0.0600. The normalized spacial score (nSPS) is 10.9. The second kappa shape index (κ2) is 6.64. The minimum Gasteiger partial charge on any atom is -0.465 e. The Balaban J connectivity index is 1.81. The van der Waals surface area contributed by atoms with Crippen LogP contribution in [0.15, 0.2) is 54.6 Å². The Morgan fingerprint density at radius 2 is 1.74 bits per heavy atom. The first-order chi connectivity index (χ1) is 13.1. The third-order valence-corrected chi connectivity index (χ3v) is 4.50. The number of carbonyl (C=O) groups excluding carboxylic acids is 1. The van der Waals surface area contributed by atoms with E-state index in [1.54, 1.807) is 16.6 Å². The molecule has 0 aliphatic heterocycles. The van der Waals surface area contributed by atoms with Crippen LogP contribution < -0.4 is 0 Å². The number of benzene rings is 2. The van der Waals surface area contributed by atoms with Gasteiger partial charge in [-0.1, -0.05) is 35.9 Å². The van der Waals surface area contributed by atoms with Crippen molar-refractivity contribution in [2.75, 3.05) is 7.11 Å². The molecule has 6 heteroatoms. The van der Waals surface area contributed by atoms with E-state index in [2.05, 4.69) is 10.2 Å². The molecule has 4 rings (SSSR count). The molecule has 0 N–H and O–H groups in total. The molecule has 2 aromatic carbocycles. The van der Waals surface area contributed by atoms with Crippen LogP contribution in [0, 0.1) is 13.8 Å². The fraction of sp³-hybridized carbons (Fsp3) is 0.143. The number of fused-ring (bicyclic) bond motifs is 1. The van der Waals surface area contributed by atoms with Gasteiger partial charge in [0.25, 0.3) is 0 Å². The number of esters is 1. The number of ether oxygens (including phenoxy) is 1. The van der Waals surface area contributed by atoms with E-state index >= 15 is 0 Å². The Morgan fingerprint density at radius 1 is 0.963 bits per heavy atom. The number of hydrogen-bond donors (Lipinski definition) is 0. The van der Waals surface area contributed by atoms with Crippen molar-refractivity contribution in [1.29, 1.82) is 0 Å². The van der Waals surface area contributed by atoms with Crippen LogP contribution in [0.1, 0.15) is 21.5 Å². The lowest BCUT2D eigenvalue weighted by Gasteiger charge is -2.08. The highest BCUT2D eigenvalue weighted by Crippen LogP contribution is 2.25. The van der Waals surface area contributed by atoms with Crippen molar-refractivity contribution in [3.05, 3.63) is 71.3 Å². The fourth-order valence-electron chi connectivity index (χ4n) is 3.01. The van der Waals surface area contributed by atoms with Gasteiger partial charge in [-0.3, -0.25) is 0 Å². The number of aryl methyl sites for hydroxylation is 2. The number of carbonyl (C=O) groups is 1. The maximum Gasteiger partial charge on any atom is 0.337 e. The Hall–Kier alpha value is -3.54. The second-order valence-electron chi connectivity index (χ2n) is 6.40. The van der Waals surface area contributed by atoms with E-state index in [1.165, 1.54) is 12.7 Å². The van der Waals surface area contributed by atoms with E-state index in [0.29, 0.717) is 17.0 Å². The molecule has 0 fully saturated rings. The molecule has 27 heavy (non-hydrogen) atoms. The maximum absolute atomic E-state index is 11.7. The first-order valence-corrected chi connectivity index (χ1v) is 8.55. The zero-order valence-electron chi connectivity index (χ0n) is 15.3. The van der Waals surface area contributed by atoms with Crippen molar-refractivity contribution >= 4 is 11.6 Å². The van der Waals surface area contributed by atoms with Gasteiger partial charge in [-0.05, 0) is 43.7 Å². The smallest absolute Gasteiger partial charge is 0.337 e. The van der Waals surface area contributed by atoms with Crippen molar-refractivity contribution in [2.45, 2.75) is 13.8 Å². The Morgan fingerprint density at radius 3 is 2.44 bits per heavy atom. The summed E-state index contributed by atoms with van der Waals surface area (Å²) >= 11 is 0. The minimum atomic E-state index is -0.353. The molecule has 0 radical (unpaired) electrons. The molecule has 0 spiro atoms. The number of hydrogen-bond acceptors (Lipinski definition) is 5. The predicted molar refractivity (Wildman–Crippen MR) is 102 cm³/mol. The molecule has 2 heterocycles. The van der Waals surface area contributed by atoms with Crippen molar-refractivity contribution in [1.82, 2.24) is 19.8 Å². The minimum absolute atomic E-state index is 0.353. The molecule has 0 atom stereocenters. The van der Waals surface area contributed by atoms with Gasteiger partial charge in [0.15, 0.2) is 11.5 Å². The van der Waals surface area contributed by atoms with E-state index in [-0.39, 0.29) is 5.97 Å². The molecular weight excluding hydrogens is 340 g/mol. The van der Waals surface area contributed by atoms with Crippen LogP contribution in [0.5, 0.6) is 0 Å². The summed E-state index contributed by atoms with van der Waals surface area (Å²) in [7, 11) is 1.37. The molecule has 0 bridgehead atoms. The standard InChI is InChI=1S/C21H18N4O2/c1-13-4-6-15(7-5-13)20-23-22-19-11-10-18(24-25(19)20)17-9-8-16(12-14(17)2)21(26)27-3/h4-12H,1-3H3. The van der Waals surface area contributed by atoms with Crippen LogP contribution in [0.2, 0.25) is 0 Å². The Kier molecular flexibility index (Phi) is 4.16. The van der Waals surface area contributed by atoms with Crippen LogP contribution in [-0.4, -0.2) is 32.9 Å². The average Bonchev–Trinajstić information content (AvgIpc) is 3.11. The van der Waals surface area contributed by atoms with Crippen molar-refractivity contribution in [2.24, 2.45) is 0 Å². The number of aromatic nitrogens is 4. The van der Waals surface area contributed by atoms with Gasteiger partial charge < -0.3 is 4.74 Å². The SMILES string of the molecule is COC(=O)c1ccc(-c2ccc3nnc(-c4ccc(C)cc4)n3n2)c(C)c1. The zero-order chi connectivity index (χ0) is 19.0. The van der Waals surface area contributed by atoms with E-state index in [9.17, 15) is 4.79 Å². The summed E-state index contributed by atoms with van der Waals surface area (Å²) < 4.78 is 6.53. The molecule has 0 unspecified atom stereocenters. The molecule has 134 valence electrons. The van der Waals surface area contributed by atoms with Gasteiger partial charge in [-0.2, -0.15) is 9.61 Å². The third-order valence-electron chi connectivity index (χ3n) is 4.50. The lowest BCUT2D eigenvalue weighted by atomic mass is 10.0. The van der Waals surface area contributed by atoms with Gasteiger partial charge >= 0.3 is 5.97 Å². The van der Waals surface area contributed by atoms with Crippen LogP contribution in [0.25, 0.3) is 28.3 Å². The summed E-state index contributed by atoms with van der Waals surface area (Å²) in [6, 6.07) is 17.3. The van der Waals surface area contributed by atoms with Gasteiger partial charge in [0.1, 0.15) is 0 Å². The maximum atomic E-state index is 11.7. The molecule has 0 saturated carbocycles. The quantitative estimate of drug-likeness (QED) is 0.520. The Labute approximate surface area is 156 Å². The number of methoxy groups -OCH3 is 1. The van der Waals surface area contributed by atoms with Crippen molar-refractivity contribution in [3.8, 4) is 22.6 Å². The molecule has 4 aromatic rings. The monoisotopic (exact) mass is 358 g/mol. The number of nitrogens with zero attached hydrogens (tertiary/aromatic N) is 4. The summed E-state index contributed by atoms with van der Waals surface area (Å²) in [5, 5.41) is 13.2. The molecule has 0 aliphatic carbocycles. The molecule has 0 amide bonds. The van der Waals surface area contributed by atoms with Gasteiger partial charge in [0.2, 0.25) is 0 Å². The van der Waals surface area contributed by atoms with E-state index < -0.39 is 0 Å². The van der Waals surface area contributed by atoms with Gasteiger partial charge in [0.05, 0.1) is 18.4 Å². The van der Waals surface area contributed by atoms with E-state index in [0.717, 1.165) is 22.4 Å². The predicted octanol–water partition coefficient (Wildman–Crippen LogP) is 3.86. The highest BCUT2D eigenvalue weighted by molar-refractivity contribution is 5.90. The van der Waals surface area contributed by atoms with Crippen LogP contribution in [0.3, 0.4) is 0 Å². The van der Waals surface area contributed by atoms with E-state index in [4.69, 9.17) is 9.84 Å². The van der Waals surface area contributed by atoms with Crippen LogP contribution in [0.4, 0.5) is 0 Å². The van der Waals surface area contributed by atoms with Crippen LogP contribution in [-0.2, 0) is 4.74 Å². The molecular formula is C21H18N4O2. The summed E-state index contributed by atoms with van der Waals surface area (Å²) in [6.45, 7) is 3.99. The Bertz CT molecular complexity index is 1150. The van der Waals surface area contributed by atoms with Gasteiger partial charge in [-0.25, -0.2) is 4.79 Å². The molecule has 2 aromatic heterocycles. The lowest BCUT2D eigenvalue weighted by Crippen LogP contribution is -2.02. The highest BCUT2D eigenvalue weighted by Gasteiger charge is 2.13. The number of rotatable bonds is 3. The topological polar surface area (TPSA) is 69.4 Å². The largest absolute Gasteiger partial charge is 0.465 e. The summed E-state index contributed by atoms with van der Waals surface area (Å²) in [4.78, 5) is 11.7. The fourth-order valence-corrected chi connectivity index (χ4v) is 3.01. The van der Waals surface area contributed by atoms with Gasteiger partial charge in [0, 0.05) is 11.1 Å². The third kappa shape index (κ3) is 3.06. The first kappa shape index (κ1) is 16.9. The van der Waals surface area contributed by atoms with Crippen LogP contribution >= 0.6 is 0 Å². The zero-order valence-corrected chi connectivity index (χ0v) is 15.3. The first-order valence-electron chi connectivity index (χ1n) is 8.55. The molecule has 0 aliphatic rings. The second-order valence-corrected chi connectivity index (χ2v) is 6.40. The summed E-state index contributed by atoms with van der Waals surface area (Å²) in [5.41, 5.74) is 5.99. The summed E-state index contributed by atoms with van der Waals surface area (Å²) in [5.74, 6) is 0.337.